The van der Waals surface area contributed by atoms with Gasteiger partial charge in [-0.1, -0.05) is 17.7 Å². The number of aliphatic hydroxyl groups excluding tert-OH is 1. The molecule has 0 saturated heterocycles. The highest BCUT2D eigenvalue weighted by Crippen LogP contribution is 2.22. The molecule has 4 aromatic rings. The summed E-state index contributed by atoms with van der Waals surface area (Å²) < 4.78 is 6.08. The predicted octanol–water partition coefficient (Wildman–Crippen LogP) is 1.48. The summed E-state index contributed by atoms with van der Waals surface area (Å²) in [6.07, 6.45) is 2.14. The van der Waals surface area contributed by atoms with Crippen molar-refractivity contribution in [3.05, 3.63) is 62.0 Å². The standard InChI is InChI=1S/C18H18ClN5O3/c1-11-10-23-14-15(21(2)18(27)22(16(14)26)7-4-8-25)20-17(23)24(11)13-6-3-5-12(19)9-13/h3,5-6,9-10,25H,4,7-8H2,1-2H3. The van der Waals surface area contributed by atoms with Crippen molar-refractivity contribution in [2.75, 3.05) is 6.61 Å². The van der Waals surface area contributed by atoms with Gasteiger partial charge in [-0.2, -0.15) is 4.98 Å². The van der Waals surface area contributed by atoms with E-state index in [0.29, 0.717) is 28.4 Å². The second kappa shape index (κ2) is 6.40. The molecule has 0 saturated carbocycles. The van der Waals surface area contributed by atoms with Gasteiger partial charge in [-0.25, -0.2) is 4.79 Å². The van der Waals surface area contributed by atoms with Crippen molar-refractivity contribution in [3.63, 3.8) is 0 Å². The number of hydrogen-bond acceptors (Lipinski definition) is 4. The summed E-state index contributed by atoms with van der Waals surface area (Å²) in [5, 5.41) is 9.65. The maximum absolute atomic E-state index is 13.0. The van der Waals surface area contributed by atoms with Crippen LogP contribution in [0.5, 0.6) is 0 Å². The van der Waals surface area contributed by atoms with Crippen LogP contribution in [0, 0.1) is 6.92 Å². The van der Waals surface area contributed by atoms with E-state index in [0.717, 1.165) is 15.9 Å². The van der Waals surface area contributed by atoms with Crippen LogP contribution in [0.25, 0.3) is 22.6 Å². The number of aromatic nitrogens is 5. The molecule has 27 heavy (non-hydrogen) atoms. The van der Waals surface area contributed by atoms with E-state index >= 15 is 0 Å². The highest BCUT2D eigenvalue weighted by atomic mass is 35.5. The molecule has 9 heteroatoms. The SMILES string of the molecule is Cc1cn2c3c(=O)n(CCCO)c(=O)n(C)c3nc2n1-c1cccc(Cl)c1. The maximum atomic E-state index is 13.0. The van der Waals surface area contributed by atoms with Gasteiger partial charge < -0.3 is 5.11 Å². The number of hydrogen-bond donors (Lipinski definition) is 1. The number of fused-ring (bicyclic) bond motifs is 3. The van der Waals surface area contributed by atoms with E-state index in [9.17, 15) is 9.59 Å². The number of rotatable bonds is 4. The van der Waals surface area contributed by atoms with E-state index < -0.39 is 11.2 Å². The minimum atomic E-state index is -0.451. The normalized spacial score (nSPS) is 11.7. The second-order valence-electron chi connectivity index (χ2n) is 6.42. The molecule has 0 atom stereocenters. The maximum Gasteiger partial charge on any atom is 0.332 e. The lowest BCUT2D eigenvalue weighted by Gasteiger charge is -2.07. The lowest BCUT2D eigenvalue weighted by atomic mass is 10.3. The van der Waals surface area contributed by atoms with Gasteiger partial charge >= 0.3 is 5.69 Å². The smallest absolute Gasteiger partial charge is 0.332 e. The Morgan fingerprint density at radius 1 is 1.26 bits per heavy atom. The van der Waals surface area contributed by atoms with Crippen LogP contribution in [0.1, 0.15) is 12.1 Å². The van der Waals surface area contributed by atoms with Crippen LogP contribution >= 0.6 is 11.6 Å². The number of aliphatic hydroxyl groups is 1. The molecule has 1 aromatic carbocycles. The van der Waals surface area contributed by atoms with Gasteiger partial charge in [-0.15, -0.1) is 0 Å². The minimum absolute atomic E-state index is 0.0975. The van der Waals surface area contributed by atoms with E-state index in [2.05, 4.69) is 4.98 Å². The van der Waals surface area contributed by atoms with Crippen LogP contribution in [0.3, 0.4) is 0 Å². The van der Waals surface area contributed by atoms with E-state index in [1.165, 1.54) is 4.57 Å². The van der Waals surface area contributed by atoms with Crippen molar-refractivity contribution in [1.29, 1.82) is 0 Å². The third-order valence-electron chi connectivity index (χ3n) is 4.63. The molecular weight excluding hydrogens is 370 g/mol. The topological polar surface area (TPSA) is 86.5 Å². The van der Waals surface area contributed by atoms with Crippen LogP contribution in [0.4, 0.5) is 0 Å². The Hall–Kier alpha value is -2.84. The largest absolute Gasteiger partial charge is 0.396 e. The molecule has 1 N–H and O–H groups in total. The molecule has 0 aliphatic heterocycles. The molecule has 0 unspecified atom stereocenters. The minimum Gasteiger partial charge on any atom is -0.396 e. The summed E-state index contributed by atoms with van der Waals surface area (Å²) in [4.78, 5) is 30.1. The Morgan fingerprint density at radius 2 is 2.04 bits per heavy atom. The molecule has 0 fully saturated rings. The summed E-state index contributed by atoms with van der Waals surface area (Å²) >= 11 is 6.12. The first kappa shape index (κ1) is 17.6. The van der Waals surface area contributed by atoms with Crippen molar-refractivity contribution in [1.82, 2.24) is 23.1 Å². The average molecular weight is 388 g/mol. The van der Waals surface area contributed by atoms with Gasteiger partial charge in [-0.05, 0) is 31.5 Å². The quantitative estimate of drug-likeness (QED) is 0.574. The highest BCUT2D eigenvalue weighted by molar-refractivity contribution is 6.30. The van der Waals surface area contributed by atoms with Crippen LogP contribution in [0.15, 0.2) is 40.1 Å². The summed E-state index contributed by atoms with van der Waals surface area (Å²) in [6, 6.07) is 7.34. The van der Waals surface area contributed by atoms with Gasteiger partial charge in [-0.3, -0.25) is 22.9 Å². The molecule has 8 nitrogen and oxygen atoms in total. The fourth-order valence-electron chi connectivity index (χ4n) is 3.37. The Bertz CT molecular complexity index is 1290. The Morgan fingerprint density at radius 3 is 2.74 bits per heavy atom. The molecule has 0 radical (unpaired) electrons. The molecule has 0 bridgehead atoms. The van der Waals surface area contributed by atoms with Gasteiger partial charge in [0, 0.05) is 37.1 Å². The zero-order chi connectivity index (χ0) is 19.3. The summed E-state index contributed by atoms with van der Waals surface area (Å²) in [5.41, 5.74) is 1.46. The first-order valence-corrected chi connectivity index (χ1v) is 8.88. The van der Waals surface area contributed by atoms with Crippen molar-refractivity contribution in [3.8, 4) is 5.69 Å². The lowest BCUT2D eigenvalue weighted by Crippen LogP contribution is -2.39. The Kier molecular flexibility index (Phi) is 4.16. The third-order valence-corrected chi connectivity index (χ3v) is 4.87. The first-order valence-electron chi connectivity index (χ1n) is 8.50. The molecule has 0 amide bonds. The number of aryl methyl sites for hydroxylation is 2. The monoisotopic (exact) mass is 387 g/mol. The molecule has 3 aromatic heterocycles. The number of imidazole rings is 2. The van der Waals surface area contributed by atoms with Gasteiger partial charge in [0.05, 0.1) is 5.69 Å². The highest BCUT2D eigenvalue weighted by Gasteiger charge is 2.20. The van der Waals surface area contributed by atoms with Gasteiger partial charge in [0.1, 0.15) is 0 Å². The Labute approximate surface area is 158 Å². The fourth-order valence-corrected chi connectivity index (χ4v) is 3.56. The fraction of sp³-hybridized carbons (Fsp3) is 0.278. The van der Waals surface area contributed by atoms with E-state index in [1.54, 1.807) is 17.5 Å². The van der Waals surface area contributed by atoms with Gasteiger partial charge in [0.15, 0.2) is 11.2 Å². The third kappa shape index (κ3) is 2.60. The molecule has 0 aliphatic rings. The second-order valence-corrected chi connectivity index (χ2v) is 6.85. The van der Waals surface area contributed by atoms with Crippen LogP contribution < -0.4 is 11.2 Å². The van der Waals surface area contributed by atoms with Gasteiger partial charge in [0.25, 0.3) is 5.56 Å². The van der Waals surface area contributed by atoms with Gasteiger partial charge in [0.2, 0.25) is 5.78 Å². The number of halogens is 1. The van der Waals surface area contributed by atoms with Crippen molar-refractivity contribution in [2.45, 2.75) is 19.9 Å². The van der Waals surface area contributed by atoms with Crippen molar-refractivity contribution >= 4 is 28.5 Å². The lowest BCUT2D eigenvalue weighted by molar-refractivity contribution is 0.277. The molecule has 0 aliphatic carbocycles. The van der Waals surface area contributed by atoms with Crippen LogP contribution in [-0.2, 0) is 13.6 Å². The zero-order valence-corrected chi connectivity index (χ0v) is 15.6. The number of benzene rings is 1. The van der Waals surface area contributed by atoms with Crippen molar-refractivity contribution < 1.29 is 5.11 Å². The molecule has 0 spiro atoms. The van der Waals surface area contributed by atoms with E-state index in [-0.39, 0.29) is 13.2 Å². The first-order chi connectivity index (χ1) is 12.9. The summed E-state index contributed by atoms with van der Waals surface area (Å²) in [7, 11) is 1.59. The summed E-state index contributed by atoms with van der Waals surface area (Å²) in [5.74, 6) is 0.525. The Balaban J connectivity index is 2.09. The van der Waals surface area contributed by atoms with Crippen LogP contribution in [-0.4, -0.2) is 34.8 Å². The summed E-state index contributed by atoms with van der Waals surface area (Å²) in [6.45, 7) is 1.96. The van der Waals surface area contributed by atoms with Crippen molar-refractivity contribution in [2.24, 2.45) is 7.05 Å². The predicted molar refractivity (Wildman–Crippen MR) is 103 cm³/mol. The molecular formula is C18H18ClN5O3. The molecule has 4 rings (SSSR count). The van der Waals surface area contributed by atoms with E-state index in [1.807, 2.05) is 35.9 Å². The van der Waals surface area contributed by atoms with Crippen LogP contribution in [0.2, 0.25) is 5.02 Å². The number of nitrogens with zero attached hydrogens (tertiary/aromatic N) is 5. The average Bonchev–Trinajstić information content (AvgIpc) is 3.14. The molecule has 140 valence electrons. The van der Waals surface area contributed by atoms with E-state index in [4.69, 9.17) is 16.7 Å². The zero-order valence-electron chi connectivity index (χ0n) is 14.9. The molecule has 3 heterocycles.